The number of carbonyl (C=O) groups excluding carboxylic acids is 1. The van der Waals surface area contributed by atoms with Crippen LogP contribution in [0.1, 0.15) is 10.4 Å². The van der Waals surface area contributed by atoms with Crippen LogP contribution in [0.4, 0.5) is 5.69 Å². The molecule has 0 radical (unpaired) electrons. The Balaban J connectivity index is 2.12. The zero-order chi connectivity index (χ0) is 18.0. The minimum atomic E-state index is -0.735. The van der Waals surface area contributed by atoms with Crippen molar-refractivity contribution in [1.29, 1.82) is 0 Å². The Kier molecular flexibility index (Phi) is 4.25. The van der Waals surface area contributed by atoms with E-state index in [2.05, 4.69) is 15.3 Å². The first-order valence-corrected chi connectivity index (χ1v) is 7.27. The number of nitrogens with one attached hydrogen (secondary N) is 2. The molecule has 0 aliphatic heterocycles. The van der Waals surface area contributed by atoms with Crippen molar-refractivity contribution >= 4 is 22.5 Å². The highest BCUT2D eigenvalue weighted by Crippen LogP contribution is 2.35. The summed E-state index contributed by atoms with van der Waals surface area (Å²) in [6, 6.07) is 6.14. The number of ether oxygens (including phenoxy) is 2. The van der Waals surface area contributed by atoms with Crippen LogP contribution in [0.25, 0.3) is 10.9 Å². The second kappa shape index (κ2) is 6.52. The third-order valence-corrected chi connectivity index (χ3v) is 3.66. The second-order valence-electron chi connectivity index (χ2n) is 5.12. The van der Waals surface area contributed by atoms with E-state index in [0.717, 1.165) is 0 Å². The number of rotatable bonds is 4. The van der Waals surface area contributed by atoms with Gasteiger partial charge in [0.05, 0.1) is 19.7 Å². The molecule has 0 bridgehead atoms. The molecule has 8 heteroatoms. The molecule has 3 N–H and O–H groups in total. The third kappa shape index (κ3) is 2.97. The van der Waals surface area contributed by atoms with E-state index in [-0.39, 0.29) is 5.39 Å². The lowest BCUT2D eigenvalue weighted by Crippen LogP contribution is -2.23. The van der Waals surface area contributed by atoms with E-state index in [4.69, 9.17) is 9.47 Å². The van der Waals surface area contributed by atoms with Gasteiger partial charge in [-0.2, -0.15) is 0 Å². The van der Waals surface area contributed by atoms with Gasteiger partial charge in [-0.1, -0.05) is 0 Å². The summed E-state index contributed by atoms with van der Waals surface area (Å²) in [6.07, 6.45) is 2.99. The number of aromatic nitrogens is 2. The standard InChI is InChI=1S/C17H15N3O5/c1-24-12-7-10-11(8-13(12)25-2)20-17(23)14(15(10)21)16(22)19-9-3-5-18-6-4-9/h3-8H,1-2H3,(H,18,19,22)(H2,20,21,23). The maximum absolute atomic E-state index is 12.4. The summed E-state index contributed by atoms with van der Waals surface area (Å²) in [4.78, 5) is 31.1. The van der Waals surface area contributed by atoms with Crippen LogP contribution < -0.4 is 20.3 Å². The highest BCUT2D eigenvalue weighted by atomic mass is 16.5. The Morgan fingerprint density at radius 1 is 1.16 bits per heavy atom. The van der Waals surface area contributed by atoms with Crippen molar-refractivity contribution in [3.05, 3.63) is 52.6 Å². The maximum atomic E-state index is 12.4. The molecule has 2 aromatic heterocycles. The number of H-pyrrole nitrogens is 1. The SMILES string of the molecule is COc1cc2[nH]c(=O)c(C(=O)Nc3ccncc3)c(O)c2cc1OC. The fourth-order valence-corrected chi connectivity index (χ4v) is 2.44. The molecule has 0 saturated heterocycles. The fourth-order valence-electron chi connectivity index (χ4n) is 2.44. The van der Waals surface area contributed by atoms with Crippen LogP contribution in [0.2, 0.25) is 0 Å². The molecule has 0 aliphatic carbocycles. The molecular formula is C17H15N3O5. The first kappa shape index (κ1) is 16.3. The quantitative estimate of drug-likeness (QED) is 0.668. The van der Waals surface area contributed by atoms with Crippen molar-refractivity contribution < 1.29 is 19.4 Å². The van der Waals surface area contributed by atoms with Gasteiger partial charge in [-0.05, 0) is 18.2 Å². The lowest BCUT2D eigenvalue weighted by molar-refractivity contribution is 0.102. The van der Waals surface area contributed by atoms with Crippen LogP contribution in [0.15, 0.2) is 41.5 Å². The minimum absolute atomic E-state index is 0.261. The number of carbonyl (C=O) groups is 1. The van der Waals surface area contributed by atoms with Crippen molar-refractivity contribution in [3.63, 3.8) is 0 Å². The van der Waals surface area contributed by atoms with Gasteiger partial charge in [0.25, 0.3) is 11.5 Å². The van der Waals surface area contributed by atoms with Gasteiger partial charge in [-0.25, -0.2) is 0 Å². The van der Waals surface area contributed by atoms with Crippen LogP contribution in [-0.2, 0) is 0 Å². The molecule has 0 spiro atoms. The van der Waals surface area contributed by atoms with Crippen LogP contribution in [0.5, 0.6) is 17.2 Å². The number of hydrogen-bond acceptors (Lipinski definition) is 6. The summed E-state index contributed by atoms with van der Waals surface area (Å²) in [6.45, 7) is 0. The summed E-state index contributed by atoms with van der Waals surface area (Å²) >= 11 is 0. The summed E-state index contributed by atoms with van der Waals surface area (Å²) in [5, 5.41) is 13.3. The van der Waals surface area contributed by atoms with Gasteiger partial charge in [0, 0.05) is 29.5 Å². The number of anilines is 1. The van der Waals surface area contributed by atoms with E-state index < -0.39 is 22.8 Å². The number of amides is 1. The van der Waals surface area contributed by atoms with Gasteiger partial charge in [-0.3, -0.25) is 14.6 Å². The van der Waals surface area contributed by atoms with Gasteiger partial charge in [-0.15, -0.1) is 0 Å². The maximum Gasteiger partial charge on any atom is 0.265 e. The van der Waals surface area contributed by atoms with Gasteiger partial charge < -0.3 is 24.9 Å². The summed E-state index contributed by atoms with van der Waals surface area (Å²) in [5.41, 5.74) is -0.341. The zero-order valence-electron chi connectivity index (χ0n) is 13.5. The van der Waals surface area contributed by atoms with E-state index in [9.17, 15) is 14.7 Å². The van der Waals surface area contributed by atoms with Crippen molar-refractivity contribution in [2.24, 2.45) is 0 Å². The van der Waals surface area contributed by atoms with Crippen LogP contribution in [0.3, 0.4) is 0 Å². The molecule has 0 fully saturated rings. The Labute approximate surface area is 142 Å². The Hall–Kier alpha value is -3.55. The van der Waals surface area contributed by atoms with E-state index in [1.807, 2.05) is 0 Å². The molecule has 1 amide bonds. The minimum Gasteiger partial charge on any atom is -0.506 e. The van der Waals surface area contributed by atoms with Gasteiger partial charge in [0.2, 0.25) is 0 Å². The first-order valence-electron chi connectivity index (χ1n) is 7.27. The van der Waals surface area contributed by atoms with Gasteiger partial charge >= 0.3 is 0 Å². The van der Waals surface area contributed by atoms with Crippen LogP contribution >= 0.6 is 0 Å². The Morgan fingerprint density at radius 3 is 2.44 bits per heavy atom. The van der Waals surface area contributed by atoms with E-state index in [1.165, 1.54) is 38.7 Å². The summed E-state index contributed by atoms with van der Waals surface area (Å²) in [7, 11) is 2.90. The smallest absolute Gasteiger partial charge is 0.265 e. The lowest BCUT2D eigenvalue weighted by Gasteiger charge is -2.12. The van der Waals surface area contributed by atoms with E-state index in [0.29, 0.717) is 22.7 Å². The first-order chi connectivity index (χ1) is 12.0. The van der Waals surface area contributed by atoms with Gasteiger partial charge in [0.1, 0.15) is 11.3 Å². The number of pyridine rings is 2. The molecule has 3 aromatic rings. The lowest BCUT2D eigenvalue weighted by atomic mass is 10.1. The van der Waals surface area contributed by atoms with Crippen molar-refractivity contribution in [1.82, 2.24) is 9.97 Å². The topological polar surface area (TPSA) is 114 Å². The monoisotopic (exact) mass is 341 g/mol. The number of benzene rings is 1. The summed E-state index contributed by atoms with van der Waals surface area (Å²) in [5.74, 6) is -0.426. The predicted octanol–water partition coefficient (Wildman–Crippen LogP) is 1.90. The third-order valence-electron chi connectivity index (χ3n) is 3.66. The largest absolute Gasteiger partial charge is 0.506 e. The number of aromatic amines is 1. The molecule has 1 aromatic carbocycles. The molecule has 0 atom stereocenters. The second-order valence-corrected chi connectivity index (χ2v) is 5.12. The van der Waals surface area contributed by atoms with Crippen molar-refractivity contribution in [3.8, 4) is 17.2 Å². The predicted molar refractivity (Wildman–Crippen MR) is 91.5 cm³/mol. The molecule has 0 aliphatic rings. The molecule has 0 unspecified atom stereocenters. The molecule has 2 heterocycles. The molecule has 0 saturated carbocycles. The number of aromatic hydroxyl groups is 1. The number of methoxy groups -OCH3 is 2. The number of nitrogens with zero attached hydrogens (tertiary/aromatic N) is 1. The zero-order valence-corrected chi connectivity index (χ0v) is 13.5. The normalized spacial score (nSPS) is 10.5. The average Bonchev–Trinajstić information content (AvgIpc) is 2.61. The summed E-state index contributed by atoms with van der Waals surface area (Å²) < 4.78 is 10.4. The molecule has 8 nitrogen and oxygen atoms in total. The Morgan fingerprint density at radius 2 is 1.80 bits per heavy atom. The molecule has 3 rings (SSSR count). The number of hydrogen-bond donors (Lipinski definition) is 3. The van der Waals surface area contributed by atoms with Crippen LogP contribution in [-0.4, -0.2) is 35.2 Å². The number of fused-ring (bicyclic) bond motifs is 1. The highest BCUT2D eigenvalue weighted by molar-refractivity contribution is 6.09. The molecule has 25 heavy (non-hydrogen) atoms. The Bertz CT molecular complexity index is 999. The van der Waals surface area contributed by atoms with E-state index >= 15 is 0 Å². The fraction of sp³-hybridized carbons (Fsp3) is 0.118. The highest BCUT2D eigenvalue weighted by Gasteiger charge is 2.21. The average molecular weight is 341 g/mol. The van der Waals surface area contributed by atoms with Crippen molar-refractivity contribution in [2.45, 2.75) is 0 Å². The molecule has 128 valence electrons. The van der Waals surface area contributed by atoms with E-state index in [1.54, 1.807) is 12.1 Å². The molecular weight excluding hydrogens is 326 g/mol. The van der Waals surface area contributed by atoms with Gasteiger partial charge in [0.15, 0.2) is 11.5 Å². The van der Waals surface area contributed by atoms with Crippen LogP contribution in [0, 0.1) is 0 Å². The van der Waals surface area contributed by atoms with Crippen molar-refractivity contribution in [2.75, 3.05) is 19.5 Å².